The highest BCUT2D eigenvalue weighted by Gasteiger charge is 2.29. The number of aromatic nitrogens is 2. The lowest BCUT2D eigenvalue weighted by molar-refractivity contribution is 0.0877. The number of halogens is 1. The molecule has 2 aliphatic rings. The summed E-state index contributed by atoms with van der Waals surface area (Å²) in [7, 11) is 0. The normalized spacial score (nSPS) is 19.0. The minimum atomic E-state index is -0.766. The number of ether oxygens (including phenoxy) is 1. The van der Waals surface area contributed by atoms with E-state index in [1.807, 2.05) is 0 Å². The smallest absolute Gasteiger partial charge is 0.228 e. The lowest BCUT2D eigenvalue weighted by Gasteiger charge is -2.29. The van der Waals surface area contributed by atoms with Gasteiger partial charge in [-0.15, -0.1) is 0 Å². The Hall–Kier alpha value is -1.11. The van der Waals surface area contributed by atoms with Gasteiger partial charge in [-0.05, 0) is 20.3 Å². The summed E-state index contributed by atoms with van der Waals surface area (Å²) in [4.78, 5) is 13.3. The molecule has 3 rings (SSSR count). The van der Waals surface area contributed by atoms with E-state index < -0.39 is 5.60 Å². The molecule has 0 saturated carbocycles. The van der Waals surface area contributed by atoms with Crippen molar-refractivity contribution in [3.05, 3.63) is 10.7 Å². The number of β-amino-alcohol motifs (C(OH)–C–C–N with tert-alkyl or cyclic N) is 1. The molecule has 0 amide bonds. The maximum absolute atomic E-state index is 10.0. The molecular weight excluding hydrogens is 292 g/mol. The Morgan fingerprint density at radius 2 is 1.95 bits per heavy atom. The van der Waals surface area contributed by atoms with Gasteiger partial charge in [0.25, 0.3) is 0 Å². The number of hydrogen-bond donors (Lipinski definition) is 1. The molecule has 3 heterocycles. The number of hydrogen-bond acceptors (Lipinski definition) is 6. The van der Waals surface area contributed by atoms with Gasteiger partial charge in [-0.3, -0.25) is 0 Å². The van der Waals surface area contributed by atoms with Crippen LogP contribution < -0.4 is 9.80 Å². The van der Waals surface area contributed by atoms with Crippen LogP contribution in [0.3, 0.4) is 0 Å². The third-order valence-corrected chi connectivity index (χ3v) is 4.04. The van der Waals surface area contributed by atoms with Crippen molar-refractivity contribution < 1.29 is 9.84 Å². The van der Waals surface area contributed by atoms with E-state index in [0.717, 1.165) is 37.4 Å². The van der Waals surface area contributed by atoms with Gasteiger partial charge in [0.05, 0.1) is 18.8 Å². The molecule has 2 aliphatic heterocycles. The van der Waals surface area contributed by atoms with E-state index >= 15 is 0 Å². The predicted molar refractivity (Wildman–Crippen MR) is 82.3 cm³/mol. The van der Waals surface area contributed by atoms with Crippen LogP contribution in [-0.2, 0) is 11.2 Å². The van der Waals surface area contributed by atoms with Gasteiger partial charge in [0.2, 0.25) is 5.95 Å². The summed E-state index contributed by atoms with van der Waals surface area (Å²) in [5.41, 5.74) is 0.218. The lowest BCUT2D eigenvalue weighted by atomic mass is 10.1. The van der Waals surface area contributed by atoms with Gasteiger partial charge in [0, 0.05) is 31.7 Å². The molecular formula is C14H21ClN4O2. The molecule has 0 bridgehead atoms. The van der Waals surface area contributed by atoms with Crippen LogP contribution in [0.1, 0.15) is 19.4 Å². The van der Waals surface area contributed by atoms with E-state index in [-0.39, 0.29) is 0 Å². The van der Waals surface area contributed by atoms with Crippen LogP contribution >= 0.6 is 11.6 Å². The molecule has 21 heavy (non-hydrogen) atoms. The predicted octanol–water partition coefficient (Wildman–Crippen LogP) is 1.10. The second-order valence-corrected chi connectivity index (χ2v) is 6.56. The molecule has 7 heteroatoms. The van der Waals surface area contributed by atoms with Gasteiger partial charge >= 0.3 is 0 Å². The van der Waals surface area contributed by atoms with E-state index in [1.54, 1.807) is 13.8 Å². The first-order valence-electron chi connectivity index (χ1n) is 7.30. The van der Waals surface area contributed by atoms with Gasteiger partial charge < -0.3 is 19.6 Å². The van der Waals surface area contributed by atoms with Crippen molar-refractivity contribution in [2.24, 2.45) is 0 Å². The topological polar surface area (TPSA) is 61.7 Å². The fourth-order valence-electron chi connectivity index (χ4n) is 2.79. The van der Waals surface area contributed by atoms with Crippen molar-refractivity contribution in [1.82, 2.24) is 9.97 Å². The molecule has 0 spiro atoms. The molecule has 0 aromatic carbocycles. The molecule has 1 fully saturated rings. The van der Waals surface area contributed by atoms with E-state index in [9.17, 15) is 5.11 Å². The molecule has 0 atom stereocenters. The molecule has 0 unspecified atom stereocenters. The Kier molecular flexibility index (Phi) is 3.94. The summed E-state index contributed by atoms with van der Waals surface area (Å²) >= 11 is 6.33. The van der Waals surface area contributed by atoms with Crippen molar-refractivity contribution in [2.75, 3.05) is 49.2 Å². The number of nitrogens with zero attached hydrogens (tertiary/aromatic N) is 4. The molecule has 0 radical (unpaired) electrons. The first-order valence-corrected chi connectivity index (χ1v) is 7.68. The summed E-state index contributed by atoms with van der Waals surface area (Å²) in [6.07, 6.45) is 0.827. The zero-order valence-corrected chi connectivity index (χ0v) is 13.2. The van der Waals surface area contributed by atoms with Gasteiger partial charge in [0.15, 0.2) is 0 Å². The highest BCUT2D eigenvalue weighted by Crippen LogP contribution is 2.33. The summed E-state index contributed by atoms with van der Waals surface area (Å²) < 4.78 is 5.36. The first kappa shape index (κ1) is 14.8. The number of anilines is 2. The van der Waals surface area contributed by atoms with E-state index in [2.05, 4.69) is 14.8 Å². The maximum atomic E-state index is 10.0. The Balaban J connectivity index is 1.89. The molecule has 116 valence electrons. The van der Waals surface area contributed by atoms with Crippen LogP contribution in [0.5, 0.6) is 0 Å². The summed E-state index contributed by atoms with van der Waals surface area (Å²) in [5.74, 6) is 1.52. The zero-order valence-electron chi connectivity index (χ0n) is 12.5. The number of rotatable bonds is 3. The fourth-order valence-corrected chi connectivity index (χ4v) is 3.04. The van der Waals surface area contributed by atoms with E-state index in [0.29, 0.717) is 30.9 Å². The first-order chi connectivity index (χ1) is 9.94. The van der Waals surface area contributed by atoms with Crippen LogP contribution in [0.15, 0.2) is 0 Å². The van der Waals surface area contributed by atoms with Crippen LogP contribution in [-0.4, -0.2) is 60.1 Å². The quantitative estimate of drug-likeness (QED) is 0.843. The molecule has 1 saturated heterocycles. The van der Waals surface area contributed by atoms with Gasteiger partial charge in [-0.25, -0.2) is 4.98 Å². The highest BCUT2D eigenvalue weighted by molar-refractivity contribution is 6.30. The maximum Gasteiger partial charge on any atom is 0.228 e. The van der Waals surface area contributed by atoms with Crippen molar-refractivity contribution in [3.8, 4) is 0 Å². The lowest BCUT2D eigenvalue weighted by Crippen LogP contribution is -2.39. The van der Waals surface area contributed by atoms with Crippen molar-refractivity contribution in [3.63, 3.8) is 0 Å². The Bertz CT molecular complexity index is 526. The summed E-state index contributed by atoms with van der Waals surface area (Å²) in [5, 5.41) is 10.6. The number of morpholine rings is 1. The molecule has 0 aliphatic carbocycles. The van der Waals surface area contributed by atoms with Gasteiger partial charge in [-0.1, -0.05) is 11.6 Å². The zero-order chi connectivity index (χ0) is 15.0. The van der Waals surface area contributed by atoms with Crippen molar-refractivity contribution >= 4 is 23.4 Å². The average molecular weight is 313 g/mol. The van der Waals surface area contributed by atoms with Crippen LogP contribution in [0.4, 0.5) is 11.8 Å². The Morgan fingerprint density at radius 1 is 1.24 bits per heavy atom. The van der Waals surface area contributed by atoms with Crippen LogP contribution in [0.2, 0.25) is 5.15 Å². The highest BCUT2D eigenvalue weighted by atomic mass is 35.5. The van der Waals surface area contributed by atoms with E-state index in [1.165, 1.54) is 0 Å². The standard InChI is InChI=1S/C14H21ClN4O2/c1-14(2,20)9-19-4-3-10-11(15)16-13(17-12(10)19)18-5-7-21-8-6-18/h20H,3-9H2,1-2H3. The fraction of sp³-hybridized carbons (Fsp3) is 0.714. The minimum absolute atomic E-state index is 0.528. The second kappa shape index (κ2) is 5.59. The second-order valence-electron chi connectivity index (χ2n) is 6.20. The average Bonchev–Trinajstić information content (AvgIpc) is 2.81. The summed E-state index contributed by atoms with van der Waals surface area (Å²) in [6, 6.07) is 0. The van der Waals surface area contributed by atoms with E-state index in [4.69, 9.17) is 21.3 Å². The number of fused-ring (bicyclic) bond motifs is 1. The third-order valence-electron chi connectivity index (χ3n) is 3.73. The minimum Gasteiger partial charge on any atom is -0.389 e. The molecule has 6 nitrogen and oxygen atoms in total. The van der Waals surface area contributed by atoms with Crippen LogP contribution in [0.25, 0.3) is 0 Å². The molecule has 1 aromatic rings. The van der Waals surface area contributed by atoms with Crippen molar-refractivity contribution in [2.45, 2.75) is 25.9 Å². The van der Waals surface area contributed by atoms with Gasteiger partial charge in [-0.2, -0.15) is 4.98 Å². The molecule has 1 N–H and O–H groups in total. The largest absolute Gasteiger partial charge is 0.389 e. The van der Waals surface area contributed by atoms with Crippen LogP contribution in [0, 0.1) is 0 Å². The van der Waals surface area contributed by atoms with Crippen molar-refractivity contribution in [1.29, 1.82) is 0 Å². The molecule has 1 aromatic heterocycles. The number of aliphatic hydroxyl groups is 1. The Labute approximate surface area is 129 Å². The summed E-state index contributed by atoms with van der Waals surface area (Å²) in [6.45, 7) is 7.89. The third kappa shape index (κ3) is 3.22. The SMILES string of the molecule is CC(C)(O)CN1CCc2c(Cl)nc(N3CCOCC3)nc21. The van der Waals surface area contributed by atoms with Gasteiger partial charge in [0.1, 0.15) is 11.0 Å². The Morgan fingerprint density at radius 3 is 2.62 bits per heavy atom. The monoisotopic (exact) mass is 312 g/mol.